The van der Waals surface area contributed by atoms with E-state index in [1.165, 1.54) is 0 Å². The Hall–Kier alpha value is -1.42. The smallest absolute Gasteiger partial charge is 0.203 e. The van der Waals surface area contributed by atoms with Gasteiger partial charge in [-0.2, -0.15) is 0 Å². The predicted octanol–water partition coefficient (Wildman–Crippen LogP) is 2.16. The van der Waals surface area contributed by atoms with E-state index in [2.05, 4.69) is 6.92 Å². The lowest BCUT2D eigenvalue weighted by Gasteiger charge is -2.19. The van der Waals surface area contributed by atoms with Crippen molar-refractivity contribution in [2.45, 2.75) is 25.8 Å². The molecule has 0 aliphatic rings. The van der Waals surface area contributed by atoms with Crippen molar-refractivity contribution >= 4 is 0 Å². The lowest BCUT2D eigenvalue weighted by atomic mass is 9.94. The Morgan fingerprint density at radius 1 is 0.941 bits per heavy atom. The van der Waals surface area contributed by atoms with Crippen molar-refractivity contribution in [1.82, 2.24) is 0 Å². The summed E-state index contributed by atoms with van der Waals surface area (Å²) in [5, 5.41) is 0. The molecule has 0 saturated heterocycles. The van der Waals surface area contributed by atoms with E-state index in [1.807, 2.05) is 19.1 Å². The number of hydrogen-bond acceptors (Lipinski definition) is 4. The molecular weight excluding hydrogens is 218 g/mol. The molecule has 96 valence electrons. The topological polar surface area (TPSA) is 53.7 Å². The third-order valence-corrected chi connectivity index (χ3v) is 3.00. The van der Waals surface area contributed by atoms with Gasteiger partial charge in [0.05, 0.1) is 21.3 Å². The summed E-state index contributed by atoms with van der Waals surface area (Å²) < 4.78 is 15.9. The van der Waals surface area contributed by atoms with Crippen molar-refractivity contribution < 1.29 is 14.2 Å². The number of nitrogens with two attached hydrogens (primary N) is 1. The quantitative estimate of drug-likeness (QED) is 0.855. The number of benzene rings is 1. The normalized spacial score (nSPS) is 14.0. The average molecular weight is 239 g/mol. The summed E-state index contributed by atoms with van der Waals surface area (Å²) in [7, 11) is 4.81. The maximum atomic E-state index is 5.91. The molecule has 0 aliphatic carbocycles. The van der Waals surface area contributed by atoms with Crippen LogP contribution in [0.1, 0.15) is 25.3 Å². The molecule has 2 unspecified atom stereocenters. The fourth-order valence-corrected chi connectivity index (χ4v) is 1.67. The molecule has 1 rings (SSSR count). The molecule has 0 spiro atoms. The lowest BCUT2D eigenvalue weighted by molar-refractivity contribution is 0.323. The second-order valence-electron chi connectivity index (χ2n) is 4.11. The van der Waals surface area contributed by atoms with Crippen LogP contribution in [0.4, 0.5) is 0 Å². The molecule has 0 saturated carbocycles. The molecule has 0 heterocycles. The van der Waals surface area contributed by atoms with Crippen LogP contribution in [0.15, 0.2) is 12.1 Å². The summed E-state index contributed by atoms with van der Waals surface area (Å²) in [6.07, 6.45) is 0. The first-order chi connectivity index (χ1) is 8.04. The Morgan fingerprint density at radius 2 is 1.41 bits per heavy atom. The zero-order valence-electron chi connectivity index (χ0n) is 11.1. The van der Waals surface area contributed by atoms with Crippen LogP contribution in [0.3, 0.4) is 0 Å². The van der Waals surface area contributed by atoms with Crippen LogP contribution < -0.4 is 19.9 Å². The molecule has 2 N–H and O–H groups in total. The van der Waals surface area contributed by atoms with Gasteiger partial charge in [-0.1, -0.05) is 6.92 Å². The van der Waals surface area contributed by atoms with Crippen LogP contribution in [-0.4, -0.2) is 27.4 Å². The van der Waals surface area contributed by atoms with E-state index in [9.17, 15) is 0 Å². The molecule has 4 heteroatoms. The van der Waals surface area contributed by atoms with Crippen LogP contribution in [0.2, 0.25) is 0 Å². The van der Waals surface area contributed by atoms with Crippen molar-refractivity contribution in [3.05, 3.63) is 17.7 Å². The molecule has 2 atom stereocenters. The number of methoxy groups -OCH3 is 3. The molecule has 4 nitrogen and oxygen atoms in total. The SMILES string of the molecule is COc1cc(C(C)C(C)N)cc(OC)c1OC. The lowest BCUT2D eigenvalue weighted by Crippen LogP contribution is -2.22. The first-order valence-electron chi connectivity index (χ1n) is 5.60. The first kappa shape index (κ1) is 13.6. The van der Waals surface area contributed by atoms with E-state index in [4.69, 9.17) is 19.9 Å². The molecule has 0 radical (unpaired) electrons. The van der Waals surface area contributed by atoms with E-state index >= 15 is 0 Å². The molecule has 0 fully saturated rings. The number of hydrogen-bond donors (Lipinski definition) is 1. The van der Waals surface area contributed by atoms with Gasteiger partial charge in [0.1, 0.15) is 0 Å². The van der Waals surface area contributed by atoms with Gasteiger partial charge >= 0.3 is 0 Å². The van der Waals surface area contributed by atoms with Gasteiger partial charge in [-0.3, -0.25) is 0 Å². The van der Waals surface area contributed by atoms with Gasteiger partial charge in [-0.25, -0.2) is 0 Å². The first-order valence-corrected chi connectivity index (χ1v) is 5.60. The maximum Gasteiger partial charge on any atom is 0.203 e. The third-order valence-electron chi connectivity index (χ3n) is 3.00. The van der Waals surface area contributed by atoms with Gasteiger partial charge in [0.15, 0.2) is 11.5 Å². The summed E-state index contributed by atoms with van der Waals surface area (Å²) in [5.74, 6) is 2.16. The minimum absolute atomic E-state index is 0.0674. The zero-order chi connectivity index (χ0) is 13.0. The fraction of sp³-hybridized carbons (Fsp3) is 0.538. The van der Waals surface area contributed by atoms with Crippen LogP contribution in [0, 0.1) is 0 Å². The van der Waals surface area contributed by atoms with Gasteiger partial charge in [-0.15, -0.1) is 0 Å². The highest BCUT2D eigenvalue weighted by molar-refractivity contribution is 5.54. The van der Waals surface area contributed by atoms with Crippen molar-refractivity contribution in [3.63, 3.8) is 0 Å². The zero-order valence-corrected chi connectivity index (χ0v) is 11.1. The Morgan fingerprint density at radius 3 is 1.71 bits per heavy atom. The molecule has 0 aliphatic heterocycles. The van der Waals surface area contributed by atoms with Gasteiger partial charge < -0.3 is 19.9 Å². The van der Waals surface area contributed by atoms with E-state index in [0.29, 0.717) is 17.2 Å². The van der Waals surface area contributed by atoms with Gasteiger partial charge in [-0.05, 0) is 30.5 Å². The van der Waals surface area contributed by atoms with Crippen LogP contribution >= 0.6 is 0 Å². The molecule has 0 aromatic heterocycles. The van der Waals surface area contributed by atoms with Crippen LogP contribution in [0.25, 0.3) is 0 Å². The van der Waals surface area contributed by atoms with Gasteiger partial charge in [0.2, 0.25) is 5.75 Å². The Labute approximate surface area is 103 Å². The van der Waals surface area contributed by atoms with E-state index in [0.717, 1.165) is 5.56 Å². The highest BCUT2D eigenvalue weighted by atomic mass is 16.5. The van der Waals surface area contributed by atoms with E-state index in [1.54, 1.807) is 21.3 Å². The summed E-state index contributed by atoms with van der Waals surface area (Å²) in [4.78, 5) is 0. The van der Waals surface area contributed by atoms with Crippen LogP contribution in [0.5, 0.6) is 17.2 Å². The molecular formula is C13H21NO3. The monoisotopic (exact) mass is 239 g/mol. The standard InChI is InChI=1S/C13H21NO3/c1-8(9(2)14)10-6-11(15-3)13(17-5)12(7-10)16-4/h6-9H,14H2,1-5H3. The molecule has 1 aromatic carbocycles. The minimum atomic E-state index is 0.0674. The second-order valence-corrected chi connectivity index (χ2v) is 4.11. The Kier molecular flexibility index (Phi) is 4.63. The molecule has 17 heavy (non-hydrogen) atoms. The van der Waals surface area contributed by atoms with Crippen molar-refractivity contribution in [3.8, 4) is 17.2 Å². The second kappa shape index (κ2) is 5.77. The van der Waals surface area contributed by atoms with E-state index < -0.39 is 0 Å². The Balaban J connectivity index is 3.27. The molecule has 0 amide bonds. The number of rotatable bonds is 5. The largest absolute Gasteiger partial charge is 0.493 e. The minimum Gasteiger partial charge on any atom is -0.493 e. The maximum absolute atomic E-state index is 5.91. The molecule has 1 aromatic rings. The summed E-state index contributed by atoms with van der Waals surface area (Å²) in [6, 6.07) is 3.95. The predicted molar refractivity (Wildman–Crippen MR) is 68.2 cm³/mol. The highest BCUT2D eigenvalue weighted by Crippen LogP contribution is 2.40. The third kappa shape index (κ3) is 2.82. The average Bonchev–Trinajstić information content (AvgIpc) is 2.35. The summed E-state index contributed by atoms with van der Waals surface area (Å²) in [5.41, 5.74) is 6.99. The summed E-state index contributed by atoms with van der Waals surface area (Å²) >= 11 is 0. The van der Waals surface area contributed by atoms with Crippen molar-refractivity contribution in [2.24, 2.45) is 5.73 Å². The fourth-order valence-electron chi connectivity index (χ4n) is 1.67. The highest BCUT2D eigenvalue weighted by Gasteiger charge is 2.18. The van der Waals surface area contributed by atoms with Crippen molar-refractivity contribution in [2.75, 3.05) is 21.3 Å². The van der Waals surface area contributed by atoms with Crippen LogP contribution in [-0.2, 0) is 0 Å². The number of ether oxygens (including phenoxy) is 3. The molecule has 0 bridgehead atoms. The van der Waals surface area contributed by atoms with Crippen molar-refractivity contribution in [1.29, 1.82) is 0 Å². The Bertz CT molecular complexity index is 352. The van der Waals surface area contributed by atoms with E-state index in [-0.39, 0.29) is 12.0 Å². The summed E-state index contributed by atoms with van der Waals surface area (Å²) in [6.45, 7) is 4.05. The van der Waals surface area contributed by atoms with Gasteiger partial charge in [0, 0.05) is 6.04 Å². The van der Waals surface area contributed by atoms with Gasteiger partial charge in [0.25, 0.3) is 0 Å².